The van der Waals surface area contributed by atoms with Crippen LogP contribution in [-0.2, 0) is 32.2 Å². The number of ether oxygens (including phenoxy) is 2. The van der Waals surface area contributed by atoms with Gasteiger partial charge in [-0.15, -0.1) is 0 Å². The van der Waals surface area contributed by atoms with Gasteiger partial charge in [-0.1, -0.05) is 48.5 Å². The lowest BCUT2D eigenvalue weighted by Crippen LogP contribution is -2.45. The Hall–Kier alpha value is -3.53. The minimum atomic E-state index is -1.26. The molecule has 1 aliphatic rings. The molecule has 3 aromatic rings. The fourth-order valence-electron chi connectivity index (χ4n) is 3.93. The summed E-state index contributed by atoms with van der Waals surface area (Å²) < 4.78 is 13.9. The first-order valence-corrected chi connectivity index (χ1v) is 11.8. The largest absolute Gasteiger partial charge is 0.478 e. The molecule has 0 bridgehead atoms. The highest BCUT2D eigenvalue weighted by Gasteiger charge is 2.25. The number of hydrogen-bond donors (Lipinski definition) is 2. The van der Waals surface area contributed by atoms with E-state index in [2.05, 4.69) is 72.0 Å². The molecule has 36 heavy (non-hydrogen) atoms. The second-order valence-corrected chi connectivity index (χ2v) is 9.05. The van der Waals surface area contributed by atoms with Crippen molar-refractivity contribution in [3.63, 3.8) is 0 Å². The molecule has 1 saturated heterocycles. The first-order valence-electron chi connectivity index (χ1n) is 11.8. The molecule has 0 aliphatic carbocycles. The molecular formula is C27H33N3O6. The molecule has 0 spiro atoms. The standard InChI is InChI=1S/C23H29N3O2.C4H4O4/c1-23(2,18-25-12-14-27-15-13-25)28-17-21-20-10-6-7-11-22(20)26(24-21)16-19-8-4-3-5-9-19;5-3(6)1-2-4(7)8/h3-11H,12-18H2,1-2H3;1-2H,(H,5,6)(H,7,8)/b;2-1-. The third kappa shape index (κ3) is 8.60. The summed E-state index contributed by atoms with van der Waals surface area (Å²) in [6.45, 7) is 10.1. The number of carboxylic acid groups (broad SMARTS) is 2. The minimum Gasteiger partial charge on any atom is -0.478 e. The van der Waals surface area contributed by atoms with Gasteiger partial charge >= 0.3 is 11.9 Å². The molecule has 192 valence electrons. The molecule has 0 saturated carbocycles. The maximum Gasteiger partial charge on any atom is 0.328 e. The van der Waals surface area contributed by atoms with E-state index in [4.69, 9.17) is 24.8 Å². The van der Waals surface area contributed by atoms with Gasteiger partial charge < -0.3 is 19.7 Å². The number of para-hydroxylation sites is 1. The molecule has 4 rings (SSSR count). The summed E-state index contributed by atoms with van der Waals surface area (Å²) in [4.78, 5) is 21.5. The summed E-state index contributed by atoms with van der Waals surface area (Å²) in [6.07, 6.45) is 1.12. The van der Waals surface area contributed by atoms with Crippen LogP contribution in [0.4, 0.5) is 0 Å². The lowest BCUT2D eigenvalue weighted by Gasteiger charge is -2.34. The maximum absolute atomic E-state index is 9.55. The number of nitrogens with zero attached hydrogens (tertiary/aromatic N) is 3. The number of fused-ring (bicyclic) bond motifs is 1. The highest BCUT2D eigenvalue weighted by atomic mass is 16.5. The van der Waals surface area contributed by atoms with Gasteiger partial charge in [-0.25, -0.2) is 9.59 Å². The van der Waals surface area contributed by atoms with Crippen molar-refractivity contribution < 1.29 is 29.3 Å². The fraction of sp³-hybridized carbons (Fsp3) is 0.370. The van der Waals surface area contributed by atoms with E-state index < -0.39 is 11.9 Å². The molecule has 2 aromatic carbocycles. The van der Waals surface area contributed by atoms with Crippen LogP contribution in [0.25, 0.3) is 10.9 Å². The Labute approximate surface area is 210 Å². The van der Waals surface area contributed by atoms with E-state index in [0.29, 0.717) is 18.8 Å². The molecule has 9 nitrogen and oxygen atoms in total. The van der Waals surface area contributed by atoms with E-state index in [1.165, 1.54) is 10.9 Å². The van der Waals surface area contributed by atoms with E-state index >= 15 is 0 Å². The second kappa shape index (κ2) is 13.0. The van der Waals surface area contributed by atoms with Crippen LogP contribution < -0.4 is 0 Å². The van der Waals surface area contributed by atoms with E-state index in [1.807, 2.05) is 6.07 Å². The normalized spacial score (nSPS) is 14.5. The average molecular weight is 496 g/mol. The number of morpholine rings is 1. The fourth-order valence-corrected chi connectivity index (χ4v) is 3.93. The molecule has 0 amide bonds. The van der Waals surface area contributed by atoms with Crippen LogP contribution in [0.5, 0.6) is 0 Å². The van der Waals surface area contributed by atoms with Crippen molar-refractivity contribution in [3.05, 3.63) is 78.0 Å². The number of aliphatic carboxylic acids is 2. The molecule has 1 aliphatic heterocycles. The third-order valence-electron chi connectivity index (χ3n) is 5.59. The number of hydrogen-bond acceptors (Lipinski definition) is 6. The van der Waals surface area contributed by atoms with Crippen LogP contribution in [0.1, 0.15) is 25.1 Å². The van der Waals surface area contributed by atoms with Crippen molar-refractivity contribution in [2.75, 3.05) is 32.8 Å². The van der Waals surface area contributed by atoms with Gasteiger partial charge in [0.2, 0.25) is 0 Å². The lowest BCUT2D eigenvalue weighted by molar-refractivity contribution is -0.134. The summed E-state index contributed by atoms with van der Waals surface area (Å²) in [6, 6.07) is 18.9. The molecule has 0 atom stereocenters. The van der Waals surface area contributed by atoms with Gasteiger partial charge in [0.1, 0.15) is 0 Å². The molecule has 0 unspecified atom stereocenters. The summed E-state index contributed by atoms with van der Waals surface area (Å²) in [5.41, 5.74) is 3.16. The van der Waals surface area contributed by atoms with Crippen LogP contribution >= 0.6 is 0 Å². The van der Waals surface area contributed by atoms with Gasteiger partial charge in [-0.3, -0.25) is 9.58 Å². The van der Waals surface area contributed by atoms with Crippen molar-refractivity contribution in [2.45, 2.75) is 32.6 Å². The highest BCUT2D eigenvalue weighted by Crippen LogP contribution is 2.23. The number of benzene rings is 2. The number of carbonyl (C=O) groups is 2. The quantitative estimate of drug-likeness (QED) is 0.434. The zero-order valence-electron chi connectivity index (χ0n) is 20.7. The smallest absolute Gasteiger partial charge is 0.328 e. The third-order valence-corrected chi connectivity index (χ3v) is 5.59. The summed E-state index contributed by atoms with van der Waals surface area (Å²) in [7, 11) is 0. The Bertz CT molecular complexity index is 1150. The topological polar surface area (TPSA) is 114 Å². The predicted octanol–water partition coefficient (Wildman–Crippen LogP) is 3.42. The molecule has 2 heterocycles. The summed E-state index contributed by atoms with van der Waals surface area (Å²) in [5.74, 6) is -2.51. The van der Waals surface area contributed by atoms with Crippen LogP contribution in [0.15, 0.2) is 66.7 Å². The minimum absolute atomic E-state index is 0.234. The molecular weight excluding hydrogens is 462 g/mol. The average Bonchev–Trinajstić information content (AvgIpc) is 3.20. The van der Waals surface area contributed by atoms with Crippen molar-refractivity contribution >= 4 is 22.8 Å². The van der Waals surface area contributed by atoms with Crippen molar-refractivity contribution in [1.82, 2.24) is 14.7 Å². The maximum atomic E-state index is 9.55. The van der Waals surface area contributed by atoms with Gasteiger partial charge in [0.05, 0.1) is 43.2 Å². The van der Waals surface area contributed by atoms with Crippen molar-refractivity contribution in [3.8, 4) is 0 Å². The molecule has 1 aromatic heterocycles. The SMILES string of the molecule is CC(C)(CN1CCOCC1)OCc1nn(Cc2ccccc2)c2ccccc12.O=C(O)/C=C\C(=O)O. The van der Waals surface area contributed by atoms with Crippen LogP contribution in [-0.4, -0.2) is 75.3 Å². The van der Waals surface area contributed by atoms with Gasteiger partial charge in [-0.05, 0) is 25.5 Å². The van der Waals surface area contributed by atoms with Crippen LogP contribution in [0.3, 0.4) is 0 Å². The lowest BCUT2D eigenvalue weighted by atomic mass is 10.1. The number of rotatable bonds is 9. The van der Waals surface area contributed by atoms with E-state index in [0.717, 1.165) is 50.6 Å². The van der Waals surface area contributed by atoms with E-state index in [9.17, 15) is 9.59 Å². The molecule has 9 heteroatoms. The monoisotopic (exact) mass is 495 g/mol. The van der Waals surface area contributed by atoms with Gasteiger partial charge in [-0.2, -0.15) is 5.10 Å². The number of aromatic nitrogens is 2. The van der Waals surface area contributed by atoms with E-state index in [1.54, 1.807) is 0 Å². The first-order chi connectivity index (χ1) is 17.2. The summed E-state index contributed by atoms with van der Waals surface area (Å²) in [5, 5.41) is 21.7. The zero-order chi connectivity index (χ0) is 26.0. The first kappa shape index (κ1) is 27.1. The van der Waals surface area contributed by atoms with Crippen LogP contribution in [0.2, 0.25) is 0 Å². The Morgan fingerprint density at radius 2 is 1.61 bits per heavy atom. The molecule has 2 N–H and O–H groups in total. The Balaban J connectivity index is 0.000000392. The van der Waals surface area contributed by atoms with Gasteiger partial charge in [0, 0.05) is 37.2 Å². The second-order valence-electron chi connectivity index (χ2n) is 9.05. The predicted molar refractivity (Wildman–Crippen MR) is 136 cm³/mol. The Morgan fingerprint density at radius 1 is 1.00 bits per heavy atom. The summed E-state index contributed by atoms with van der Waals surface area (Å²) >= 11 is 0. The van der Waals surface area contributed by atoms with Gasteiger partial charge in [0.15, 0.2) is 0 Å². The van der Waals surface area contributed by atoms with Crippen LogP contribution in [0, 0.1) is 0 Å². The number of carboxylic acids is 2. The molecule has 0 radical (unpaired) electrons. The zero-order valence-corrected chi connectivity index (χ0v) is 20.7. The highest BCUT2D eigenvalue weighted by molar-refractivity contribution is 5.89. The van der Waals surface area contributed by atoms with Gasteiger partial charge in [0.25, 0.3) is 0 Å². The van der Waals surface area contributed by atoms with Crippen molar-refractivity contribution in [1.29, 1.82) is 0 Å². The Morgan fingerprint density at radius 3 is 2.25 bits per heavy atom. The molecule has 1 fully saturated rings. The van der Waals surface area contributed by atoms with Crippen molar-refractivity contribution in [2.24, 2.45) is 0 Å². The Kier molecular flexibility index (Phi) is 9.75. The van der Waals surface area contributed by atoms with E-state index in [-0.39, 0.29) is 5.60 Å².